The first-order valence-electron chi connectivity index (χ1n) is 25.2. The molecule has 0 radical (unpaired) electrons. The number of likely N-dealkylation sites (tertiary alicyclic amines) is 1. The summed E-state index contributed by atoms with van der Waals surface area (Å²) in [6.45, 7) is 6.36. The maximum atomic E-state index is 4.84. The molecule has 0 spiro atoms. The number of hydrogen-bond acceptors (Lipinski definition) is 3. The Bertz CT molecular complexity index is 2070. The number of anilines is 1. The van der Waals surface area contributed by atoms with Gasteiger partial charge in [0.05, 0.1) is 17.9 Å². The van der Waals surface area contributed by atoms with Crippen molar-refractivity contribution < 1.29 is 0 Å². The van der Waals surface area contributed by atoms with E-state index in [1.165, 1.54) is 116 Å². The lowest BCUT2D eigenvalue weighted by Gasteiger charge is -2.47. The van der Waals surface area contributed by atoms with Crippen LogP contribution >= 0.6 is 0 Å². The summed E-state index contributed by atoms with van der Waals surface area (Å²) in [7, 11) is 0. The molecule has 9 aliphatic rings. The molecule has 13 atom stereocenters. The molecule has 58 heavy (non-hydrogen) atoms. The highest BCUT2D eigenvalue weighted by molar-refractivity contribution is 6.20. The molecule has 3 nitrogen and oxygen atoms in total. The van der Waals surface area contributed by atoms with E-state index in [0.29, 0.717) is 11.3 Å². The SMILES string of the molecule is CC1(C)C2CC(C3C=CC(c4ccc5c6c(c7ccccc7c5c4)N=CCN6)CC3)CCC2C2CCC(C3CCC4C5CCCCC5N(C5CCCCC5)C4C3)CC21. The highest BCUT2D eigenvalue weighted by Crippen LogP contribution is 2.66. The van der Waals surface area contributed by atoms with E-state index < -0.39 is 0 Å². The highest BCUT2D eigenvalue weighted by atomic mass is 15.3. The van der Waals surface area contributed by atoms with Gasteiger partial charge in [-0.2, -0.15) is 0 Å². The van der Waals surface area contributed by atoms with Crippen molar-refractivity contribution in [2.24, 2.45) is 69.6 Å². The van der Waals surface area contributed by atoms with E-state index in [4.69, 9.17) is 4.99 Å². The molecule has 2 aliphatic heterocycles. The Kier molecular flexibility index (Phi) is 9.46. The predicted octanol–water partition coefficient (Wildman–Crippen LogP) is 14.3. The highest BCUT2D eigenvalue weighted by Gasteiger charge is 2.59. The van der Waals surface area contributed by atoms with Crippen molar-refractivity contribution in [1.29, 1.82) is 0 Å². The van der Waals surface area contributed by atoms with Gasteiger partial charge in [-0.15, -0.1) is 0 Å². The Morgan fingerprint density at radius 2 is 1.29 bits per heavy atom. The van der Waals surface area contributed by atoms with Crippen LogP contribution in [0.15, 0.2) is 59.6 Å². The average Bonchev–Trinajstić information content (AvgIpc) is 3.73. The third-order valence-corrected chi connectivity index (χ3v) is 20.1. The minimum Gasteiger partial charge on any atom is -0.378 e. The smallest absolute Gasteiger partial charge is 0.0942 e. The Morgan fingerprint density at radius 1 is 0.586 bits per heavy atom. The zero-order chi connectivity index (χ0) is 38.5. The van der Waals surface area contributed by atoms with Crippen molar-refractivity contribution in [3.8, 4) is 0 Å². The molecule has 1 saturated heterocycles. The van der Waals surface area contributed by atoms with Crippen LogP contribution in [0.5, 0.6) is 0 Å². The number of allylic oxidation sites excluding steroid dienone is 2. The summed E-state index contributed by atoms with van der Waals surface area (Å²) < 4.78 is 0. The average molecular weight is 776 g/mol. The molecule has 3 aromatic carbocycles. The molecule has 7 aliphatic carbocycles. The first-order chi connectivity index (χ1) is 28.5. The van der Waals surface area contributed by atoms with Crippen LogP contribution in [0.1, 0.15) is 154 Å². The minimum atomic E-state index is 0.508. The topological polar surface area (TPSA) is 27.6 Å². The van der Waals surface area contributed by atoms with Gasteiger partial charge < -0.3 is 5.32 Å². The third-order valence-electron chi connectivity index (χ3n) is 20.1. The summed E-state index contributed by atoms with van der Waals surface area (Å²) in [5, 5.41) is 8.94. The van der Waals surface area contributed by atoms with Gasteiger partial charge in [0.1, 0.15) is 0 Å². The number of fused-ring (bicyclic) bond motifs is 12. The van der Waals surface area contributed by atoms with E-state index >= 15 is 0 Å². The van der Waals surface area contributed by atoms with Crippen LogP contribution in [-0.4, -0.2) is 35.8 Å². The van der Waals surface area contributed by atoms with Gasteiger partial charge >= 0.3 is 0 Å². The summed E-state index contributed by atoms with van der Waals surface area (Å²) in [5.41, 5.74) is 4.31. The van der Waals surface area contributed by atoms with Gasteiger partial charge in [-0.25, -0.2) is 0 Å². The summed E-state index contributed by atoms with van der Waals surface area (Å²) >= 11 is 0. The largest absolute Gasteiger partial charge is 0.378 e. The fraction of sp³-hybridized carbons (Fsp3) is 0.691. The number of nitrogens with one attached hydrogen (secondary N) is 1. The molecular weight excluding hydrogens is 703 g/mol. The number of rotatable bonds is 4. The second-order valence-corrected chi connectivity index (χ2v) is 22.6. The maximum absolute atomic E-state index is 4.84. The monoisotopic (exact) mass is 776 g/mol. The molecule has 12 rings (SSSR count). The molecule has 2 heterocycles. The van der Waals surface area contributed by atoms with Gasteiger partial charge in [0.2, 0.25) is 0 Å². The number of benzene rings is 3. The van der Waals surface area contributed by atoms with E-state index in [2.05, 4.69) is 78.7 Å². The van der Waals surface area contributed by atoms with Gasteiger partial charge in [-0.1, -0.05) is 94.5 Å². The summed E-state index contributed by atoms with van der Waals surface area (Å²) in [6.07, 6.45) is 37.6. The molecule has 1 N–H and O–H groups in total. The second-order valence-electron chi connectivity index (χ2n) is 22.6. The van der Waals surface area contributed by atoms with Crippen LogP contribution in [0.2, 0.25) is 0 Å². The predicted molar refractivity (Wildman–Crippen MR) is 244 cm³/mol. The van der Waals surface area contributed by atoms with Gasteiger partial charge in [0.15, 0.2) is 0 Å². The first kappa shape index (κ1) is 37.1. The lowest BCUT2D eigenvalue weighted by molar-refractivity contribution is 0.0228. The zero-order valence-electron chi connectivity index (χ0n) is 36.1. The zero-order valence-corrected chi connectivity index (χ0v) is 36.1. The normalized spacial score (nSPS) is 41.0. The van der Waals surface area contributed by atoms with Gasteiger partial charge in [0.25, 0.3) is 0 Å². The van der Waals surface area contributed by atoms with E-state index in [1.807, 2.05) is 6.21 Å². The summed E-state index contributed by atoms with van der Waals surface area (Å²) in [4.78, 5) is 8.13. The van der Waals surface area contributed by atoms with Crippen molar-refractivity contribution in [2.45, 2.75) is 166 Å². The molecule has 3 heteroatoms. The molecule has 13 unspecified atom stereocenters. The molecule has 6 saturated carbocycles. The van der Waals surface area contributed by atoms with Crippen molar-refractivity contribution in [2.75, 3.05) is 11.9 Å². The van der Waals surface area contributed by atoms with Gasteiger partial charge in [-0.3, -0.25) is 9.89 Å². The van der Waals surface area contributed by atoms with Gasteiger partial charge in [-0.05, 0) is 183 Å². The standard InChI is InChI=1S/C55H73N3/c1-55(2)49-31-37(35-18-16-34(17-19-35)36-23-27-47-48(30-36)41-12-6-7-14-46(41)53-54(47)57-29-28-56-53)20-24-42(49)43-25-21-38(32-50(43)55)39-22-26-45-44-13-8-9-15-51(44)58(52(45)33-39)40-10-4-3-5-11-40/h6-7,12,14,16,18,23,27-28,30,34-35,37-40,42-45,49-52,57H,3-5,8-11,13,15,17,19-22,24-26,29,31-33H2,1-2H3. The van der Waals surface area contributed by atoms with Crippen molar-refractivity contribution in [3.05, 3.63) is 60.2 Å². The van der Waals surface area contributed by atoms with Crippen LogP contribution in [0.25, 0.3) is 21.5 Å². The minimum absolute atomic E-state index is 0.508. The van der Waals surface area contributed by atoms with E-state index in [0.717, 1.165) is 89.5 Å². The van der Waals surface area contributed by atoms with Crippen LogP contribution in [-0.2, 0) is 0 Å². The second kappa shape index (κ2) is 14.8. The Labute approximate surface area is 350 Å². The van der Waals surface area contributed by atoms with Crippen LogP contribution in [0.3, 0.4) is 0 Å². The number of aliphatic imine (C=N–C) groups is 1. The first-order valence-corrected chi connectivity index (χ1v) is 25.2. The molecule has 308 valence electrons. The van der Waals surface area contributed by atoms with Crippen molar-refractivity contribution >= 4 is 39.1 Å². The molecular formula is C55H73N3. The van der Waals surface area contributed by atoms with Crippen LogP contribution in [0.4, 0.5) is 11.4 Å². The maximum Gasteiger partial charge on any atom is 0.0942 e. The molecule has 0 aromatic heterocycles. The molecule has 0 bridgehead atoms. The van der Waals surface area contributed by atoms with E-state index in [9.17, 15) is 0 Å². The fourth-order valence-electron chi connectivity index (χ4n) is 17.5. The molecule has 3 aromatic rings. The third kappa shape index (κ3) is 5.98. The van der Waals surface area contributed by atoms with Crippen LogP contribution < -0.4 is 5.32 Å². The van der Waals surface area contributed by atoms with Crippen molar-refractivity contribution in [3.63, 3.8) is 0 Å². The molecule has 0 amide bonds. The number of hydrogen-bond donors (Lipinski definition) is 1. The Balaban J connectivity index is 0.727. The lowest BCUT2D eigenvalue weighted by atomic mass is 9.60. The Morgan fingerprint density at radius 3 is 2.10 bits per heavy atom. The molecule has 7 fully saturated rings. The van der Waals surface area contributed by atoms with Gasteiger partial charge in [0, 0.05) is 41.0 Å². The van der Waals surface area contributed by atoms with E-state index in [-0.39, 0.29) is 0 Å². The van der Waals surface area contributed by atoms with E-state index in [1.54, 1.807) is 44.9 Å². The summed E-state index contributed by atoms with van der Waals surface area (Å²) in [6, 6.07) is 19.0. The number of nitrogens with zero attached hydrogens (tertiary/aromatic N) is 2. The summed E-state index contributed by atoms with van der Waals surface area (Å²) in [5.74, 6) is 10.2. The quantitative estimate of drug-likeness (QED) is 0.211. The van der Waals surface area contributed by atoms with Crippen LogP contribution in [0, 0.1) is 64.6 Å². The lowest BCUT2D eigenvalue weighted by Crippen LogP contribution is -2.49. The van der Waals surface area contributed by atoms with Crippen molar-refractivity contribution in [1.82, 2.24) is 4.90 Å². The Hall–Kier alpha value is -2.65. The fourth-order valence-corrected chi connectivity index (χ4v) is 17.5.